The summed E-state index contributed by atoms with van der Waals surface area (Å²) in [5.41, 5.74) is 5.21. The molecule has 0 saturated heterocycles. The summed E-state index contributed by atoms with van der Waals surface area (Å²) in [7, 11) is 5.35. The van der Waals surface area contributed by atoms with Crippen LogP contribution in [0.5, 0.6) is 0 Å². The Morgan fingerprint density at radius 2 is 1.71 bits per heavy atom. The summed E-state index contributed by atoms with van der Waals surface area (Å²) >= 11 is 0. The zero-order chi connectivity index (χ0) is 11.2. The van der Waals surface area contributed by atoms with Crippen LogP contribution >= 0.6 is 0 Å². The molecule has 1 unspecified atom stereocenters. The van der Waals surface area contributed by atoms with Gasteiger partial charge in [-0.05, 0) is 6.42 Å². The van der Waals surface area contributed by atoms with Gasteiger partial charge in [0.05, 0.1) is 10.4 Å². The van der Waals surface area contributed by atoms with Crippen LogP contribution in [0, 0.1) is 0 Å². The second-order valence-electron chi connectivity index (χ2n) is 3.11. The minimum atomic E-state index is -1.25. The van der Waals surface area contributed by atoms with Gasteiger partial charge in [0.1, 0.15) is 0 Å². The van der Waals surface area contributed by atoms with Gasteiger partial charge in [-0.15, -0.1) is 0 Å². The molecule has 5 nitrogen and oxygen atoms in total. The van der Waals surface area contributed by atoms with Crippen LogP contribution in [-0.2, 0) is 14.2 Å². The maximum absolute atomic E-state index is 5.97. The molecule has 6 heteroatoms. The molecule has 0 aromatic rings. The Morgan fingerprint density at radius 3 is 1.93 bits per heavy atom. The molecule has 1 atom stereocenters. The van der Waals surface area contributed by atoms with Crippen molar-refractivity contribution in [2.24, 2.45) is 5.73 Å². The van der Waals surface area contributed by atoms with Crippen LogP contribution < -0.4 is 10.7 Å². The van der Waals surface area contributed by atoms with E-state index in [9.17, 15) is 0 Å². The number of nitrogens with one attached hydrogen (secondary N) is 1. The van der Waals surface area contributed by atoms with Crippen molar-refractivity contribution in [1.29, 1.82) is 0 Å². The maximum atomic E-state index is 5.97. The summed E-state index contributed by atoms with van der Waals surface area (Å²) < 4.78 is 15.8. The largest absolute Gasteiger partial charge is 0.357 e. The highest BCUT2D eigenvalue weighted by molar-refractivity contribution is 6.04. The average molecular weight is 222 g/mol. The van der Waals surface area contributed by atoms with E-state index in [1.54, 1.807) is 7.11 Å². The monoisotopic (exact) mass is 222 g/mol. The first-order valence-corrected chi connectivity index (χ1v) is 5.69. The Kier molecular flexibility index (Phi) is 5.80. The molecule has 0 bridgehead atoms. The topological polar surface area (TPSA) is 65.7 Å². The van der Waals surface area contributed by atoms with Crippen LogP contribution in [0.3, 0.4) is 0 Å². The molecule has 3 N–H and O–H groups in total. The molecule has 0 aliphatic heterocycles. The van der Waals surface area contributed by atoms with E-state index in [1.165, 1.54) is 14.2 Å². The number of ether oxygens (including phenoxy) is 3. The molecule has 0 aliphatic carbocycles. The number of nitrogens with two attached hydrogens (primary N) is 1. The van der Waals surface area contributed by atoms with Crippen LogP contribution in [0.15, 0.2) is 0 Å². The Hall–Kier alpha value is 0.0169. The van der Waals surface area contributed by atoms with E-state index in [1.807, 2.05) is 0 Å². The third-order valence-corrected chi connectivity index (χ3v) is 3.33. The lowest BCUT2D eigenvalue weighted by atomic mass is 10.0. The summed E-state index contributed by atoms with van der Waals surface area (Å²) in [6.45, 7) is 2.05. The summed E-state index contributed by atoms with van der Waals surface area (Å²) in [5, 5.41) is 0. The van der Waals surface area contributed by atoms with Gasteiger partial charge in [0.15, 0.2) is 5.72 Å². The normalized spacial score (nSPS) is 16.9. The minimum Gasteiger partial charge on any atom is -0.357 e. The van der Waals surface area contributed by atoms with Crippen LogP contribution in [-0.4, -0.2) is 43.4 Å². The van der Waals surface area contributed by atoms with E-state index >= 15 is 0 Å². The van der Waals surface area contributed by atoms with Gasteiger partial charge in [0, 0.05) is 21.3 Å². The molecular formula is C8H22N2O3Si. The lowest BCUT2D eigenvalue weighted by molar-refractivity contribution is -0.312. The highest BCUT2D eigenvalue weighted by atomic mass is 28.2. The molecule has 0 spiro atoms. The predicted molar refractivity (Wildman–Crippen MR) is 58.7 cm³/mol. The lowest BCUT2D eigenvalue weighted by Gasteiger charge is -2.44. The molecule has 0 aromatic heterocycles. The van der Waals surface area contributed by atoms with E-state index in [2.05, 4.69) is 11.9 Å². The highest BCUT2D eigenvalue weighted by Gasteiger charge is 2.49. The molecule has 0 fully saturated rings. The van der Waals surface area contributed by atoms with Crippen molar-refractivity contribution in [2.45, 2.75) is 31.4 Å². The Labute approximate surface area is 88.8 Å². The van der Waals surface area contributed by atoms with Crippen molar-refractivity contribution in [3.05, 3.63) is 0 Å². The molecule has 0 aliphatic rings. The van der Waals surface area contributed by atoms with Crippen molar-refractivity contribution >= 4 is 10.4 Å². The van der Waals surface area contributed by atoms with Gasteiger partial charge in [-0.25, -0.2) is 0 Å². The van der Waals surface area contributed by atoms with Crippen LogP contribution in [0.4, 0.5) is 0 Å². The second-order valence-corrected chi connectivity index (χ2v) is 3.61. The summed E-state index contributed by atoms with van der Waals surface area (Å²) in [4.78, 5) is 3.15. The number of methoxy groups -OCH3 is 3. The zero-order valence-electron chi connectivity index (χ0n) is 9.72. The lowest BCUT2D eigenvalue weighted by Crippen LogP contribution is -2.70. The third-order valence-electron chi connectivity index (χ3n) is 2.52. The van der Waals surface area contributed by atoms with Gasteiger partial charge >= 0.3 is 0 Å². The van der Waals surface area contributed by atoms with Gasteiger partial charge in [0.25, 0.3) is 5.91 Å². The van der Waals surface area contributed by atoms with Gasteiger partial charge < -0.3 is 19.2 Å². The second kappa shape index (κ2) is 5.79. The number of hydrogen-bond donors (Lipinski definition) is 2. The average Bonchev–Trinajstić information content (AvgIpc) is 2.24. The predicted octanol–water partition coefficient (Wildman–Crippen LogP) is -1.10. The van der Waals surface area contributed by atoms with Crippen LogP contribution in [0.2, 0.25) is 0 Å². The minimum absolute atomic E-state index is 0.727. The molecule has 0 heterocycles. The Morgan fingerprint density at radius 1 is 1.21 bits per heavy atom. The third kappa shape index (κ3) is 2.33. The van der Waals surface area contributed by atoms with E-state index in [-0.39, 0.29) is 0 Å². The van der Waals surface area contributed by atoms with Crippen LogP contribution in [0.1, 0.15) is 19.8 Å². The van der Waals surface area contributed by atoms with E-state index in [4.69, 9.17) is 19.9 Å². The smallest absolute Gasteiger partial charge is 0.268 e. The molecule has 0 aromatic carbocycles. The molecule has 14 heavy (non-hydrogen) atoms. The van der Waals surface area contributed by atoms with Gasteiger partial charge in [-0.2, -0.15) is 0 Å². The van der Waals surface area contributed by atoms with Gasteiger partial charge in [-0.3, -0.25) is 5.73 Å². The Balaban J connectivity index is 4.92. The fraction of sp³-hybridized carbons (Fsp3) is 1.00. The van der Waals surface area contributed by atoms with Crippen molar-refractivity contribution in [2.75, 3.05) is 21.3 Å². The molecule has 0 radical (unpaired) electrons. The molecule has 0 rings (SSSR count). The van der Waals surface area contributed by atoms with E-state index < -0.39 is 11.6 Å². The quantitative estimate of drug-likeness (QED) is 0.423. The first-order valence-electron chi connectivity index (χ1n) is 4.69. The van der Waals surface area contributed by atoms with Crippen molar-refractivity contribution in [1.82, 2.24) is 4.98 Å². The number of hydrogen-bond acceptors (Lipinski definition) is 5. The van der Waals surface area contributed by atoms with Gasteiger partial charge in [0.2, 0.25) is 0 Å². The van der Waals surface area contributed by atoms with Crippen molar-refractivity contribution in [3.63, 3.8) is 0 Å². The van der Waals surface area contributed by atoms with E-state index in [0.717, 1.165) is 23.2 Å². The van der Waals surface area contributed by atoms with Crippen molar-refractivity contribution in [3.8, 4) is 0 Å². The maximum Gasteiger partial charge on any atom is 0.268 e. The molecule has 0 amide bonds. The van der Waals surface area contributed by atoms with Crippen LogP contribution in [0.25, 0.3) is 0 Å². The Bertz CT molecular complexity index is 161. The summed E-state index contributed by atoms with van der Waals surface area (Å²) in [6.07, 6.45) is 1.65. The first-order chi connectivity index (χ1) is 6.55. The van der Waals surface area contributed by atoms with E-state index in [0.29, 0.717) is 0 Å². The van der Waals surface area contributed by atoms with Crippen molar-refractivity contribution < 1.29 is 14.2 Å². The molecular weight excluding hydrogens is 200 g/mol. The summed E-state index contributed by atoms with van der Waals surface area (Å²) in [6, 6.07) is 0. The fourth-order valence-corrected chi connectivity index (χ4v) is 2.39. The molecule has 86 valence electrons. The standard InChI is InChI=1S/C8H22N2O3Si/c1-5-6-7(10-14,11-2)8(9,12-3)13-4/h10H,5-6,9H2,1-4,14H3. The molecule has 0 saturated carbocycles. The first kappa shape index (κ1) is 14.0. The van der Waals surface area contributed by atoms with Gasteiger partial charge in [-0.1, -0.05) is 13.3 Å². The highest BCUT2D eigenvalue weighted by Crippen LogP contribution is 2.27. The SMILES string of the molecule is CCCC(N[SiH3])(OC)C(N)(OC)OC. The fourth-order valence-electron chi connectivity index (χ4n) is 1.58. The number of rotatable bonds is 7. The zero-order valence-corrected chi connectivity index (χ0v) is 11.7. The summed E-state index contributed by atoms with van der Waals surface area (Å²) in [5.74, 6) is -1.25.